The van der Waals surface area contributed by atoms with Crippen molar-refractivity contribution in [3.05, 3.63) is 28.6 Å². The first-order chi connectivity index (χ1) is 8.06. The van der Waals surface area contributed by atoms with E-state index in [0.29, 0.717) is 0 Å². The molecular formula is C10H7BrF2N2O2. The van der Waals surface area contributed by atoms with Crippen LogP contribution in [0.5, 0.6) is 0 Å². The van der Waals surface area contributed by atoms with Crippen molar-refractivity contribution in [2.75, 3.05) is 7.11 Å². The summed E-state index contributed by atoms with van der Waals surface area (Å²) < 4.78 is 29.7. The molecule has 7 heteroatoms. The molecule has 1 rings (SSSR count). The highest BCUT2D eigenvalue weighted by molar-refractivity contribution is 9.08. The summed E-state index contributed by atoms with van der Waals surface area (Å²) in [5.41, 5.74) is -0.760. The van der Waals surface area contributed by atoms with E-state index >= 15 is 0 Å². The summed E-state index contributed by atoms with van der Waals surface area (Å²) in [5.74, 6) is -0.829. The Labute approximate surface area is 104 Å². The van der Waals surface area contributed by atoms with Gasteiger partial charge in [0.25, 0.3) is 6.43 Å². The molecule has 0 saturated heterocycles. The number of methoxy groups -OCH3 is 1. The van der Waals surface area contributed by atoms with Crippen molar-refractivity contribution in [2.45, 2.75) is 11.8 Å². The maximum Gasteiger partial charge on any atom is 0.358 e. The number of nitriles is 1. The second kappa shape index (κ2) is 5.68. The predicted octanol–water partition coefficient (Wildman–Crippen LogP) is 2.57. The number of rotatable bonds is 3. The van der Waals surface area contributed by atoms with Crippen LogP contribution in [0.2, 0.25) is 0 Å². The van der Waals surface area contributed by atoms with Gasteiger partial charge in [0, 0.05) is 17.1 Å². The maximum absolute atomic E-state index is 12.7. The number of alkyl halides is 3. The van der Waals surface area contributed by atoms with E-state index < -0.39 is 12.4 Å². The zero-order valence-electron chi connectivity index (χ0n) is 8.71. The first-order valence-electron chi connectivity index (χ1n) is 4.41. The van der Waals surface area contributed by atoms with Crippen molar-refractivity contribution in [1.29, 1.82) is 5.26 Å². The number of nitrogens with zero attached hydrogens (tertiary/aromatic N) is 2. The number of pyridine rings is 1. The van der Waals surface area contributed by atoms with Crippen LogP contribution in [0.4, 0.5) is 8.78 Å². The third-order valence-electron chi connectivity index (χ3n) is 2.08. The fraction of sp³-hybridized carbons (Fsp3) is 0.300. The molecule has 0 spiro atoms. The fourth-order valence-corrected chi connectivity index (χ4v) is 1.87. The molecule has 0 unspecified atom stereocenters. The Kier molecular flexibility index (Phi) is 4.52. The van der Waals surface area contributed by atoms with Crippen molar-refractivity contribution in [3.8, 4) is 6.07 Å². The van der Waals surface area contributed by atoms with Gasteiger partial charge in [-0.15, -0.1) is 0 Å². The topological polar surface area (TPSA) is 63.0 Å². The number of hydrogen-bond donors (Lipinski definition) is 0. The molecular weight excluding hydrogens is 298 g/mol. The SMILES string of the molecule is COC(=O)c1ncc(C(F)F)c(CBr)c1C#N. The van der Waals surface area contributed by atoms with Crippen molar-refractivity contribution < 1.29 is 18.3 Å². The molecule has 0 aliphatic heterocycles. The van der Waals surface area contributed by atoms with Gasteiger partial charge in [-0.1, -0.05) is 15.9 Å². The van der Waals surface area contributed by atoms with Crippen LogP contribution in [0.15, 0.2) is 6.20 Å². The lowest BCUT2D eigenvalue weighted by Gasteiger charge is -2.10. The average Bonchev–Trinajstić information content (AvgIpc) is 2.35. The smallest absolute Gasteiger partial charge is 0.358 e. The van der Waals surface area contributed by atoms with Crippen LogP contribution < -0.4 is 0 Å². The van der Waals surface area contributed by atoms with Crippen LogP contribution in [0.1, 0.15) is 33.6 Å². The molecule has 0 N–H and O–H groups in total. The van der Waals surface area contributed by atoms with Gasteiger partial charge in [-0.25, -0.2) is 18.6 Å². The van der Waals surface area contributed by atoms with E-state index in [4.69, 9.17) is 5.26 Å². The molecule has 0 aromatic carbocycles. The monoisotopic (exact) mass is 304 g/mol. The summed E-state index contributed by atoms with van der Waals surface area (Å²) in [6.07, 6.45) is -1.87. The fourth-order valence-electron chi connectivity index (χ4n) is 1.27. The van der Waals surface area contributed by atoms with Crippen molar-refractivity contribution in [2.24, 2.45) is 0 Å². The molecule has 1 aromatic heterocycles. The molecule has 0 fully saturated rings. The minimum atomic E-state index is -2.76. The first-order valence-corrected chi connectivity index (χ1v) is 5.53. The Balaban J connectivity index is 3.50. The van der Waals surface area contributed by atoms with Gasteiger partial charge in [0.15, 0.2) is 5.69 Å². The van der Waals surface area contributed by atoms with E-state index in [-0.39, 0.29) is 27.7 Å². The van der Waals surface area contributed by atoms with Crippen LogP contribution >= 0.6 is 15.9 Å². The molecule has 0 aliphatic rings. The van der Waals surface area contributed by atoms with Crippen LogP contribution in [-0.2, 0) is 10.1 Å². The van der Waals surface area contributed by atoms with Crippen molar-refractivity contribution >= 4 is 21.9 Å². The molecule has 90 valence electrons. The number of esters is 1. The van der Waals surface area contributed by atoms with Gasteiger partial charge in [0.1, 0.15) is 6.07 Å². The maximum atomic E-state index is 12.7. The number of hydrogen-bond acceptors (Lipinski definition) is 4. The Morgan fingerprint density at radius 3 is 2.76 bits per heavy atom. The summed E-state index contributed by atoms with van der Waals surface area (Å²) in [6.45, 7) is 0. The van der Waals surface area contributed by atoms with Gasteiger partial charge in [0.05, 0.1) is 12.7 Å². The van der Waals surface area contributed by atoms with E-state index in [1.54, 1.807) is 6.07 Å². The number of ether oxygens (including phenoxy) is 1. The van der Waals surface area contributed by atoms with Crippen LogP contribution in [0.25, 0.3) is 0 Å². The van der Waals surface area contributed by atoms with Gasteiger partial charge in [0.2, 0.25) is 0 Å². The van der Waals surface area contributed by atoms with Crippen molar-refractivity contribution in [1.82, 2.24) is 4.98 Å². The summed E-state index contributed by atoms with van der Waals surface area (Å²) in [6, 6.07) is 1.70. The normalized spacial score (nSPS) is 10.1. The molecule has 0 aliphatic carbocycles. The molecule has 17 heavy (non-hydrogen) atoms. The second-order valence-corrected chi connectivity index (χ2v) is 3.51. The number of halogens is 3. The molecule has 1 aromatic rings. The third-order valence-corrected chi connectivity index (χ3v) is 2.64. The standard InChI is InChI=1S/C10H7BrF2N2O2/c1-17-10(16)8-6(3-14)5(2-11)7(4-15-8)9(12)13/h4,9H,2H2,1H3. The molecule has 1 heterocycles. The summed E-state index contributed by atoms with van der Waals surface area (Å²) >= 11 is 3.01. The highest BCUT2D eigenvalue weighted by Gasteiger charge is 2.23. The van der Waals surface area contributed by atoms with E-state index in [1.807, 2.05) is 0 Å². The van der Waals surface area contributed by atoms with Crippen molar-refractivity contribution in [3.63, 3.8) is 0 Å². The molecule has 0 amide bonds. The first kappa shape index (κ1) is 13.5. The Morgan fingerprint density at radius 2 is 2.35 bits per heavy atom. The minimum Gasteiger partial charge on any atom is -0.464 e. The zero-order chi connectivity index (χ0) is 13.0. The Morgan fingerprint density at radius 1 is 1.71 bits per heavy atom. The Bertz CT molecular complexity index is 486. The lowest BCUT2D eigenvalue weighted by Crippen LogP contribution is -2.11. The van der Waals surface area contributed by atoms with E-state index in [9.17, 15) is 13.6 Å². The second-order valence-electron chi connectivity index (χ2n) is 2.95. The van der Waals surface area contributed by atoms with E-state index in [2.05, 4.69) is 25.7 Å². The van der Waals surface area contributed by atoms with E-state index in [0.717, 1.165) is 13.3 Å². The molecule has 0 bridgehead atoms. The number of aromatic nitrogens is 1. The molecule has 0 saturated carbocycles. The molecule has 4 nitrogen and oxygen atoms in total. The lowest BCUT2D eigenvalue weighted by molar-refractivity contribution is 0.0593. The van der Waals surface area contributed by atoms with Crippen LogP contribution in [0, 0.1) is 11.3 Å². The van der Waals surface area contributed by atoms with Gasteiger partial charge < -0.3 is 4.74 Å². The van der Waals surface area contributed by atoms with Gasteiger partial charge in [-0.05, 0) is 5.56 Å². The zero-order valence-corrected chi connectivity index (χ0v) is 10.3. The highest BCUT2D eigenvalue weighted by Crippen LogP contribution is 2.28. The lowest BCUT2D eigenvalue weighted by atomic mass is 10.0. The van der Waals surface area contributed by atoms with Gasteiger partial charge in [-0.2, -0.15) is 5.26 Å². The van der Waals surface area contributed by atoms with Crippen LogP contribution in [0.3, 0.4) is 0 Å². The van der Waals surface area contributed by atoms with Gasteiger partial charge in [-0.3, -0.25) is 0 Å². The Hall–Kier alpha value is -1.55. The third kappa shape index (κ3) is 2.58. The summed E-state index contributed by atoms with van der Waals surface area (Å²) in [4.78, 5) is 14.9. The highest BCUT2D eigenvalue weighted by atomic mass is 79.9. The van der Waals surface area contributed by atoms with E-state index in [1.165, 1.54) is 0 Å². The number of carbonyl (C=O) groups excluding carboxylic acids is 1. The molecule has 0 atom stereocenters. The summed E-state index contributed by atoms with van der Waals surface area (Å²) in [7, 11) is 1.12. The summed E-state index contributed by atoms with van der Waals surface area (Å²) in [5, 5.41) is 8.95. The van der Waals surface area contributed by atoms with Gasteiger partial charge >= 0.3 is 5.97 Å². The number of carbonyl (C=O) groups is 1. The largest absolute Gasteiger partial charge is 0.464 e. The average molecular weight is 305 g/mol. The predicted molar refractivity (Wildman–Crippen MR) is 57.9 cm³/mol. The van der Waals surface area contributed by atoms with Crippen LogP contribution in [-0.4, -0.2) is 18.1 Å². The minimum absolute atomic E-state index is 0.0298. The molecule has 0 radical (unpaired) electrons. The quantitative estimate of drug-likeness (QED) is 0.636.